The number of nitrogens with one attached hydrogen (secondary N) is 2. The molecule has 7 heteroatoms. The van der Waals surface area contributed by atoms with Crippen LogP contribution in [0.15, 0.2) is 60.8 Å². The van der Waals surface area contributed by atoms with E-state index in [0.29, 0.717) is 38.8 Å². The van der Waals surface area contributed by atoms with E-state index in [1.54, 1.807) is 6.20 Å². The first-order valence-corrected chi connectivity index (χ1v) is 11.4. The van der Waals surface area contributed by atoms with Gasteiger partial charge >= 0.3 is 0 Å². The Morgan fingerprint density at radius 2 is 1.79 bits per heavy atom. The van der Waals surface area contributed by atoms with E-state index in [4.69, 9.17) is 11.5 Å². The van der Waals surface area contributed by atoms with Crippen molar-refractivity contribution in [2.45, 2.75) is 44.7 Å². The standard InChI is InChI=1S/C26H33N5O2/c1-18-8-10-19(11-9-18)12-14-29-26(33)24(31-25(32)22(28)6-4-13-27)16-20-15-21-5-2-3-7-23(21)30-17-20/h2-3,5,7-11,15,17,22,24H,4,6,12-14,16,27-28H2,1H3,(H,29,33)(H,31,32)/t22-,24-/m1/s1. The number of pyridine rings is 1. The van der Waals surface area contributed by atoms with Crippen molar-refractivity contribution < 1.29 is 9.59 Å². The average molecular weight is 448 g/mol. The molecular formula is C26H33N5O2. The Morgan fingerprint density at radius 1 is 1.03 bits per heavy atom. The molecule has 0 saturated carbocycles. The van der Waals surface area contributed by atoms with Gasteiger partial charge in [-0.15, -0.1) is 0 Å². The molecule has 0 spiro atoms. The minimum absolute atomic E-state index is 0.241. The molecule has 0 radical (unpaired) electrons. The van der Waals surface area contributed by atoms with Gasteiger partial charge in [0.1, 0.15) is 6.04 Å². The minimum Gasteiger partial charge on any atom is -0.354 e. The second-order valence-electron chi connectivity index (χ2n) is 8.37. The lowest BCUT2D eigenvalue weighted by atomic mass is 10.0. The molecule has 0 aliphatic heterocycles. The summed E-state index contributed by atoms with van der Waals surface area (Å²) in [6.07, 6.45) is 3.90. The Morgan fingerprint density at radius 3 is 2.55 bits per heavy atom. The highest BCUT2D eigenvalue weighted by molar-refractivity contribution is 5.90. The minimum atomic E-state index is -0.748. The van der Waals surface area contributed by atoms with Crippen LogP contribution in [0.1, 0.15) is 29.5 Å². The molecule has 7 nitrogen and oxygen atoms in total. The molecule has 0 unspecified atom stereocenters. The number of para-hydroxylation sites is 1. The van der Waals surface area contributed by atoms with Crippen LogP contribution in [0.5, 0.6) is 0 Å². The maximum absolute atomic E-state index is 13.0. The molecule has 33 heavy (non-hydrogen) atoms. The summed E-state index contributed by atoms with van der Waals surface area (Å²) in [5.74, 6) is -0.592. The lowest BCUT2D eigenvalue weighted by molar-refractivity contribution is -0.129. The molecule has 2 atom stereocenters. The molecule has 6 N–H and O–H groups in total. The van der Waals surface area contributed by atoms with Crippen LogP contribution in [0.3, 0.4) is 0 Å². The number of benzene rings is 2. The van der Waals surface area contributed by atoms with E-state index in [9.17, 15) is 9.59 Å². The molecule has 0 saturated heterocycles. The van der Waals surface area contributed by atoms with Gasteiger partial charge in [0.05, 0.1) is 11.6 Å². The van der Waals surface area contributed by atoms with Crippen LogP contribution < -0.4 is 22.1 Å². The predicted octanol–water partition coefficient (Wildman–Crippen LogP) is 2.00. The molecule has 1 aromatic heterocycles. The number of fused-ring (bicyclic) bond motifs is 1. The first-order chi connectivity index (χ1) is 16.0. The number of amides is 2. The Labute approximate surface area is 195 Å². The van der Waals surface area contributed by atoms with Crippen molar-refractivity contribution in [3.05, 3.63) is 77.5 Å². The fraction of sp³-hybridized carbons (Fsp3) is 0.346. The highest BCUT2D eigenvalue weighted by Crippen LogP contribution is 2.14. The van der Waals surface area contributed by atoms with Crippen molar-refractivity contribution in [2.75, 3.05) is 13.1 Å². The van der Waals surface area contributed by atoms with Crippen molar-refractivity contribution >= 4 is 22.7 Å². The summed E-state index contributed by atoms with van der Waals surface area (Å²) in [5.41, 5.74) is 15.6. The van der Waals surface area contributed by atoms with Crippen LogP contribution in [-0.4, -0.2) is 42.0 Å². The lowest BCUT2D eigenvalue weighted by Crippen LogP contribution is -2.52. The number of hydrogen-bond donors (Lipinski definition) is 4. The smallest absolute Gasteiger partial charge is 0.242 e. The fourth-order valence-corrected chi connectivity index (χ4v) is 3.63. The summed E-state index contributed by atoms with van der Waals surface area (Å²) in [7, 11) is 0. The van der Waals surface area contributed by atoms with Crippen LogP contribution in [0.25, 0.3) is 10.9 Å². The zero-order chi connectivity index (χ0) is 23.6. The summed E-state index contributed by atoms with van der Waals surface area (Å²) >= 11 is 0. The molecule has 3 rings (SSSR count). The summed E-state index contributed by atoms with van der Waals surface area (Å²) < 4.78 is 0. The molecule has 2 amide bonds. The molecule has 1 heterocycles. The molecule has 0 aliphatic rings. The zero-order valence-electron chi connectivity index (χ0n) is 19.1. The molecule has 2 aromatic carbocycles. The monoisotopic (exact) mass is 447 g/mol. The van der Waals surface area contributed by atoms with Gasteiger partial charge in [0.25, 0.3) is 0 Å². The Hall–Kier alpha value is -3.29. The highest BCUT2D eigenvalue weighted by atomic mass is 16.2. The van der Waals surface area contributed by atoms with Crippen LogP contribution in [0, 0.1) is 6.92 Å². The van der Waals surface area contributed by atoms with E-state index in [1.807, 2.05) is 37.3 Å². The number of rotatable bonds is 11. The predicted molar refractivity (Wildman–Crippen MR) is 132 cm³/mol. The molecule has 0 aliphatic carbocycles. The topological polar surface area (TPSA) is 123 Å². The first-order valence-electron chi connectivity index (χ1n) is 11.4. The third kappa shape index (κ3) is 7.37. The number of nitrogens with two attached hydrogens (primary N) is 2. The number of carbonyl (C=O) groups is 2. The van der Waals surface area contributed by atoms with Crippen molar-refractivity contribution in [3.63, 3.8) is 0 Å². The van der Waals surface area contributed by atoms with Gasteiger partial charge in [0.2, 0.25) is 11.8 Å². The Kier molecular flexibility index (Phi) is 8.92. The number of carbonyl (C=O) groups excluding carboxylic acids is 2. The van der Waals surface area contributed by atoms with Crippen molar-refractivity contribution in [2.24, 2.45) is 11.5 Å². The van der Waals surface area contributed by atoms with E-state index in [0.717, 1.165) is 22.0 Å². The van der Waals surface area contributed by atoms with Gasteiger partial charge in [0, 0.05) is 24.5 Å². The number of aryl methyl sites for hydroxylation is 1. The van der Waals surface area contributed by atoms with E-state index in [2.05, 4.69) is 39.9 Å². The Bertz CT molecular complexity index is 1070. The lowest BCUT2D eigenvalue weighted by Gasteiger charge is -2.21. The maximum Gasteiger partial charge on any atom is 0.242 e. The first kappa shape index (κ1) is 24.4. The SMILES string of the molecule is Cc1ccc(CCNC(=O)[C@@H](Cc2cnc3ccccc3c2)NC(=O)[C@H](N)CCCN)cc1. The summed E-state index contributed by atoms with van der Waals surface area (Å²) in [4.78, 5) is 30.1. The number of hydrogen-bond acceptors (Lipinski definition) is 5. The van der Waals surface area contributed by atoms with Gasteiger partial charge < -0.3 is 22.1 Å². The summed E-state index contributed by atoms with van der Waals surface area (Å²) in [6.45, 7) is 2.98. The van der Waals surface area contributed by atoms with E-state index in [-0.39, 0.29) is 11.8 Å². The normalized spacial score (nSPS) is 12.8. The van der Waals surface area contributed by atoms with Crippen molar-refractivity contribution in [1.29, 1.82) is 0 Å². The quantitative estimate of drug-likeness (QED) is 0.358. The Balaban J connectivity index is 1.68. The van der Waals surface area contributed by atoms with Gasteiger partial charge in [-0.2, -0.15) is 0 Å². The number of aromatic nitrogens is 1. The van der Waals surface area contributed by atoms with Gasteiger partial charge in [-0.3, -0.25) is 14.6 Å². The van der Waals surface area contributed by atoms with E-state index < -0.39 is 12.1 Å². The second-order valence-corrected chi connectivity index (χ2v) is 8.37. The van der Waals surface area contributed by atoms with E-state index >= 15 is 0 Å². The molecule has 0 bridgehead atoms. The van der Waals surface area contributed by atoms with Crippen LogP contribution >= 0.6 is 0 Å². The molecular weight excluding hydrogens is 414 g/mol. The summed E-state index contributed by atoms with van der Waals surface area (Å²) in [5, 5.41) is 6.78. The largest absolute Gasteiger partial charge is 0.354 e. The molecule has 3 aromatic rings. The van der Waals surface area contributed by atoms with Crippen LogP contribution in [0.2, 0.25) is 0 Å². The van der Waals surface area contributed by atoms with E-state index in [1.165, 1.54) is 5.56 Å². The number of nitrogens with zero attached hydrogens (tertiary/aromatic N) is 1. The third-order valence-electron chi connectivity index (χ3n) is 5.61. The second kappa shape index (κ2) is 12.1. The molecule has 0 fully saturated rings. The van der Waals surface area contributed by atoms with Gasteiger partial charge in [-0.05, 0) is 56.0 Å². The van der Waals surface area contributed by atoms with Gasteiger partial charge in [0.15, 0.2) is 0 Å². The van der Waals surface area contributed by atoms with Crippen molar-refractivity contribution in [1.82, 2.24) is 15.6 Å². The van der Waals surface area contributed by atoms with Crippen LogP contribution in [0.4, 0.5) is 0 Å². The third-order valence-corrected chi connectivity index (χ3v) is 5.61. The van der Waals surface area contributed by atoms with Gasteiger partial charge in [-0.1, -0.05) is 48.0 Å². The van der Waals surface area contributed by atoms with Crippen LogP contribution in [-0.2, 0) is 22.4 Å². The molecule has 174 valence electrons. The fourth-order valence-electron chi connectivity index (χ4n) is 3.63. The summed E-state index contributed by atoms with van der Waals surface area (Å²) in [6, 6.07) is 16.5. The van der Waals surface area contributed by atoms with Gasteiger partial charge in [-0.25, -0.2) is 0 Å². The zero-order valence-corrected chi connectivity index (χ0v) is 19.1. The highest BCUT2D eigenvalue weighted by Gasteiger charge is 2.24. The average Bonchev–Trinajstić information content (AvgIpc) is 2.83. The maximum atomic E-state index is 13.0. The van der Waals surface area contributed by atoms with Crippen molar-refractivity contribution in [3.8, 4) is 0 Å².